The molecule has 212 valence electrons. The normalized spacial score (nSPS) is 15.4. The Morgan fingerprint density at radius 3 is 1.98 bits per heavy atom. The van der Waals surface area contributed by atoms with Crippen molar-refractivity contribution in [2.45, 2.75) is 44.8 Å². The van der Waals surface area contributed by atoms with Crippen molar-refractivity contribution in [1.29, 1.82) is 0 Å². The van der Waals surface area contributed by atoms with Crippen LogP contribution >= 0.6 is 0 Å². The quantitative estimate of drug-likeness (QED) is 0.260. The molecule has 1 heterocycles. The van der Waals surface area contributed by atoms with Gasteiger partial charge in [0.15, 0.2) is 0 Å². The first-order valence-electron chi connectivity index (χ1n) is 13.1. The van der Waals surface area contributed by atoms with Gasteiger partial charge in [0, 0.05) is 37.0 Å². The lowest BCUT2D eigenvalue weighted by atomic mass is 9.84. The summed E-state index contributed by atoms with van der Waals surface area (Å²) in [6.07, 6.45) is 1.69. The van der Waals surface area contributed by atoms with E-state index >= 15 is 0 Å². The number of rotatable bonds is 9. The number of nitrogens with zero attached hydrogens (tertiary/aromatic N) is 1. The van der Waals surface area contributed by atoms with Gasteiger partial charge in [-0.25, -0.2) is 9.18 Å². The summed E-state index contributed by atoms with van der Waals surface area (Å²) in [5, 5.41) is 22.8. The molecule has 10 heteroatoms. The second kappa shape index (κ2) is 12.4. The van der Waals surface area contributed by atoms with E-state index in [1.807, 2.05) is 0 Å². The van der Waals surface area contributed by atoms with Crippen LogP contribution < -0.4 is 20.5 Å². The van der Waals surface area contributed by atoms with Gasteiger partial charge in [-0.05, 0) is 67.1 Å². The van der Waals surface area contributed by atoms with Crippen LogP contribution in [0.5, 0.6) is 23.0 Å². The molecule has 9 nitrogen and oxygen atoms in total. The van der Waals surface area contributed by atoms with Crippen LogP contribution in [-0.4, -0.2) is 45.8 Å². The summed E-state index contributed by atoms with van der Waals surface area (Å²) in [6.45, 7) is 4.98. The molecule has 3 aromatic carbocycles. The molecule has 40 heavy (non-hydrogen) atoms. The molecule has 1 fully saturated rings. The van der Waals surface area contributed by atoms with Crippen molar-refractivity contribution in [2.75, 3.05) is 18.4 Å². The minimum atomic E-state index is -1.15. The molecule has 1 aliphatic heterocycles. The highest BCUT2D eigenvalue weighted by Crippen LogP contribution is 2.34. The van der Waals surface area contributed by atoms with Crippen LogP contribution in [0.25, 0.3) is 0 Å². The summed E-state index contributed by atoms with van der Waals surface area (Å²) in [5.41, 5.74) is 5.73. The van der Waals surface area contributed by atoms with Crippen molar-refractivity contribution >= 4 is 17.7 Å². The maximum atomic E-state index is 13.4. The molecule has 1 unspecified atom stereocenters. The first-order valence-corrected chi connectivity index (χ1v) is 13.1. The first-order chi connectivity index (χ1) is 19.0. The number of hydrogen-bond acceptors (Lipinski definition) is 6. The first kappa shape index (κ1) is 28.8. The van der Waals surface area contributed by atoms with Gasteiger partial charge >= 0.3 is 12.0 Å². The van der Waals surface area contributed by atoms with E-state index in [2.05, 4.69) is 19.2 Å². The summed E-state index contributed by atoms with van der Waals surface area (Å²) in [4.78, 5) is 25.9. The van der Waals surface area contributed by atoms with Crippen LogP contribution in [0, 0.1) is 11.7 Å². The number of likely N-dealkylation sites (tertiary alicyclic amines) is 1. The third-order valence-corrected chi connectivity index (χ3v) is 6.69. The second-order valence-corrected chi connectivity index (χ2v) is 10.5. The number of benzene rings is 3. The van der Waals surface area contributed by atoms with Gasteiger partial charge < -0.3 is 35.6 Å². The zero-order chi connectivity index (χ0) is 28.9. The molecule has 2 amide bonds. The van der Waals surface area contributed by atoms with Crippen LogP contribution in [0.1, 0.15) is 44.7 Å². The number of nitrogens with one attached hydrogen (secondary N) is 1. The number of piperidine rings is 1. The summed E-state index contributed by atoms with van der Waals surface area (Å²) in [5.74, 6) is 0.311. The van der Waals surface area contributed by atoms with E-state index in [1.54, 1.807) is 47.4 Å². The average Bonchev–Trinajstić information content (AvgIpc) is 2.89. The fraction of sp³-hybridized carbons (Fsp3) is 0.333. The molecule has 0 bridgehead atoms. The largest absolute Gasteiger partial charge is 0.480 e. The predicted molar refractivity (Wildman–Crippen MR) is 148 cm³/mol. The molecule has 0 aromatic heterocycles. The number of amides is 2. The smallest absolute Gasteiger partial charge is 0.325 e. The number of hydrogen-bond donors (Lipinski definition) is 4. The molecule has 1 aliphatic rings. The van der Waals surface area contributed by atoms with E-state index in [9.17, 15) is 19.1 Å². The van der Waals surface area contributed by atoms with Gasteiger partial charge in [-0.3, -0.25) is 4.79 Å². The van der Waals surface area contributed by atoms with E-state index < -0.39 is 23.4 Å². The summed E-state index contributed by atoms with van der Waals surface area (Å²) >= 11 is 0. The molecular formula is C30H34FN3O6. The summed E-state index contributed by atoms with van der Waals surface area (Å²) in [7, 11) is 0. The average molecular weight is 552 g/mol. The lowest BCUT2D eigenvalue weighted by molar-refractivity contribution is -0.138. The number of carboxylic acid groups (broad SMARTS) is 1. The van der Waals surface area contributed by atoms with Crippen LogP contribution in [-0.2, 0) is 4.79 Å². The Morgan fingerprint density at radius 2 is 1.48 bits per heavy atom. The van der Waals surface area contributed by atoms with Crippen LogP contribution in [0.2, 0.25) is 0 Å². The Morgan fingerprint density at radius 1 is 0.950 bits per heavy atom. The Balaban J connectivity index is 1.52. The van der Waals surface area contributed by atoms with E-state index in [4.69, 9.17) is 20.3 Å². The van der Waals surface area contributed by atoms with Gasteiger partial charge in [-0.15, -0.1) is 0 Å². The Kier molecular flexibility index (Phi) is 8.91. The summed E-state index contributed by atoms with van der Waals surface area (Å²) < 4.78 is 25.2. The van der Waals surface area contributed by atoms with Gasteiger partial charge in [-0.2, -0.15) is 0 Å². The van der Waals surface area contributed by atoms with Gasteiger partial charge in [0.1, 0.15) is 34.9 Å². The Hall–Kier alpha value is -4.15. The number of aliphatic hydroxyl groups is 1. The van der Waals surface area contributed by atoms with Gasteiger partial charge in [0.2, 0.25) is 0 Å². The van der Waals surface area contributed by atoms with Gasteiger partial charge in [0.05, 0.1) is 5.60 Å². The number of carboxylic acids is 1. The maximum absolute atomic E-state index is 13.4. The number of carbonyl (C=O) groups is 2. The fourth-order valence-electron chi connectivity index (χ4n) is 4.71. The molecule has 1 saturated heterocycles. The molecule has 4 rings (SSSR count). The van der Waals surface area contributed by atoms with Crippen LogP contribution in [0.3, 0.4) is 0 Å². The van der Waals surface area contributed by atoms with Crippen molar-refractivity contribution in [2.24, 2.45) is 11.7 Å². The number of urea groups is 1. The van der Waals surface area contributed by atoms with Crippen molar-refractivity contribution in [1.82, 2.24) is 4.90 Å². The number of nitrogens with two attached hydrogens (primary N) is 1. The van der Waals surface area contributed by atoms with Crippen molar-refractivity contribution in [3.05, 3.63) is 78.1 Å². The van der Waals surface area contributed by atoms with Gasteiger partial charge in [-0.1, -0.05) is 26.0 Å². The molecule has 0 saturated carbocycles. The highest BCUT2D eigenvalue weighted by molar-refractivity contribution is 5.90. The number of anilines is 1. The third-order valence-electron chi connectivity index (χ3n) is 6.69. The topological polar surface area (TPSA) is 134 Å². The lowest BCUT2D eigenvalue weighted by Gasteiger charge is -2.39. The van der Waals surface area contributed by atoms with E-state index in [1.165, 1.54) is 24.3 Å². The van der Waals surface area contributed by atoms with Crippen LogP contribution in [0.15, 0.2) is 66.7 Å². The maximum Gasteiger partial charge on any atom is 0.325 e. The third kappa shape index (κ3) is 7.71. The predicted octanol–water partition coefficient (Wildman–Crippen LogP) is 5.90. The molecule has 0 aliphatic carbocycles. The molecule has 0 spiro atoms. The molecule has 1 atom stereocenters. The van der Waals surface area contributed by atoms with Crippen molar-refractivity contribution in [3.63, 3.8) is 0 Å². The van der Waals surface area contributed by atoms with Crippen molar-refractivity contribution < 1.29 is 33.7 Å². The number of halogens is 1. The standard InChI is InChI=1S/C30H34FN3O6/c1-19(2)18-30(38)11-13-34(14-12-30)29(37)33-22-15-25(17-26(16-22)40-24-9-5-21(31)6-10-24)39-23-7-3-20(4-8-23)27(32)28(35)36/h3-10,15-17,19,27,38H,11-14,18,32H2,1-2H3,(H,33,37)(H,35,36). The zero-order valence-corrected chi connectivity index (χ0v) is 22.5. The molecule has 0 radical (unpaired) electrons. The monoisotopic (exact) mass is 551 g/mol. The van der Waals surface area contributed by atoms with Crippen LogP contribution in [0.4, 0.5) is 14.9 Å². The highest BCUT2D eigenvalue weighted by atomic mass is 19.1. The minimum Gasteiger partial charge on any atom is -0.480 e. The summed E-state index contributed by atoms with van der Waals surface area (Å²) in [6, 6.07) is 15.2. The second-order valence-electron chi connectivity index (χ2n) is 10.5. The SMILES string of the molecule is CC(C)CC1(O)CCN(C(=O)Nc2cc(Oc3ccc(F)cc3)cc(Oc3ccc(C(N)C(=O)O)cc3)c2)CC1. The molecule has 5 N–H and O–H groups in total. The van der Waals surface area contributed by atoms with Gasteiger partial charge in [0.25, 0.3) is 0 Å². The minimum absolute atomic E-state index is 0.316. The number of carbonyl (C=O) groups excluding carboxylic acids is 1. The molecular weight excluding hydrogens is 517 g/mol. The van der Waals surface area contributed by atoms with E-state index in [-0.39, 0.29) is 6.03 Å². The fourth-order valence-corrected chi connectivity index (χ4v) is 4.71. The number of ether oxygens (including phenoxy) is 2. The lowest BCUT2D eigenvalue weighted by Crippen LogP contribution is -2.48. The Bertz CT molecular complexity index is 1320. The van der Waals surface area contributed by atoms with E-state index in [0.717, 1.165) is 0 Å². The molecule has 3 aromatic rings. The number of aliphatic carboxylic acids is 1. The van der Waals surface area contributed by atoms with E-state index in [0.29, 0.717) is 72.5 Å². The Labute approximate surface area is 232 Å². The van der Waals surface area contributed by atoms with Crippen molar-refractivity contribution in [3.8, 4) is 23.0 Å². The highest BCUT2D eigenvalue weighted by Gasteiger charge is 2.34. The zero-order valence-electron chi connectivity index (χ0n) is 22.5.